The van der Waals surface area contributed by atoms with Gasteiger partial charge < -0.3 is 0 Å². The molecule has 4 fully saturated rings. The quantitative estimate of drug-likeness (QED) is 0.805. The molecule has 3 saturated heterocycles. The van der Waals surface area contributed by atoms with Gasteiger partial charge in [0, 0.05) is 56.1 Å². The minimum atomic E-state index is -3.11. The second-order valence-electron chi connectivity index (χ2n) is 8.39. The predicted octanol–water partition coefficient (Wildman–Crippen LogP) is 2.38. The highest BCUT2D eigenvalue weighted by Crippen LogP contribution is 2.32. The summed E-state index contributed by atoms with van der Waals surface area (Å²) in [5.74, 6) is 1.98. The minimum Gasteiger partial charge on any atom is -0.294 e. The molecule has 1 saturated carbocycles. The van der Waals surface area contributed by atoms with E-state index in [-0.39, 0.29) is 0 Å². The summed E-state index contributed by atoms with van der Waals surface area (Å²) in [6.07, 6.45) is 13.9. The second-order valence-corrected chi connectivity index (χ2v) is 10.4. The molecule has 6 nitrogen and oxygen atoms in total. The Labute approximate surface area is 157 Å². The molecule has 26 heavy (non-hydrogen) atoms. The van der Waals surface area contributed by atoms with E-state index in [4.69, 9.17) is 0 Å². The molecule has 4 aliphatic rings. The Hall–Kier alpha value is -1.05. The first-order chi connectivity index (χ1) is 12.5. The zero-order valence-corrected chi connectivity index (χ0v) is 16.5. The average Bonchev–Trinajstić information content (AvgIpc) is 2.95. The Morgan fingerprint density at radius 2 is 1.73 bits per heavy atom. The van der Waals surface area contributed by atoms with E-state index in [1.807, 2.05) is 12.4 Å². The molecule has 144 valence electrons. The van der Waals surface area contributed by atoms with Crippen molar-refractivity contribution in [3.8, 4) is 0 Å². The van der Waals surface area contributed by atoms with Gasteiger partial charge in [-0.15, -0.1) is 0 Å². The van der Waals surface area contributed by atoms with E-state index in [2.05, 4.69) is 14.9 Å². The number of fused-ring (bicyclic) bond motifs is 4. The lowest BCUT2D eigenvalue weighted by Crippen LogP contribution is -2.43. The smallest absolute Gasteiger partial charge is 0.211 e. The first kappa shape index (κ1) is 18.3. The van der Waals surface area contributed by atoms with Crippen molar-refractivity contribution in [1.29, 1.82) is 0 Å². The Morgan fingerprint density at radius 1 is 1.00 bits per heavy atom. The number of aromatic nitrogens is 2. The van der Waals surface area contributed by atoms with E-state index >= 15 is 0 Å². The van der Waals surface area contributed by atoms with Crippen LogP contribution in [0.15, 0.2) is 12.4 Å². The summed E-state index contributed by atoms with van der Waals surface area (Å²) < 4.78 is 25.7. The molecule has 2 atom stereocenters. The van der Waals surface area contributed by atoms with Crippen molar-refractivity contribution in [2.24, 2.45) is 5.92 Å². The summed E-state index contributed by atoms with van der Waals surface area (Å²) in [4.78, 5) is 11.8. The number of sulfonamides is 1. The normalized spacial score (nSPS) is 29.0. The molecule has 2 bridgehead atoms. The van der Waals surface area contributed by atoms with Gasteiger partial charge in [-0.2, -0.15) is 0 Å². The molecule has 5 rings (SSSR count). The van der Waals surface area contributed by atoms with Crippen LogP contribution in [0.4, 0.5) is 0 Å². The van der Waals surface area contributed by atoms with Crippen LogP contribution in [0.5, 0.6) is 0 Å². The van der Waals surface area contributed by atoms with Gasteiger partial charge in [-0.25, -0.2) is 22.7 Å². The highest BCUT2D eigenvalue weighted by atomic mass is 32.2. The lowest BCUT2D eigenvalue weighted by Gasteiger charge is -2.36. The zero-order valence-electron chi connectivity index (χ0n) is 15.7. The first-order valence-electron chi connectivity index (χ1n) is 9.99. The molecule has 1 aliphatic carbocycles. The number of hydrogen-bond donors (Lipinski definition) is 0. The molecule has 1 aromatic rings. The third-order valence-electron chi connectivity index (χ3n) is 6.34. The minimum absolute atomic E-state index is 0.307. The summed E-state index contributed by atoms with van der Waals surface area (Å²) in [6.45, 7) is 3.09. The van der Waals surface area contributed by atoms with Gasteiger partial charge in [-0.3, -0.25) is 4.90 Å². The van der Waals surface area contributed by atoms with Gasteiger partial charge >= 0.3 is 0 Å². The van der Waals surface area contributed by atoms with Crippen molar-refractivity contribution in [3.63, 3.8) is 0 Å². The molecule has 7 heteroatoms. The van der Waals surface area contributed by atoms with Crippen LogP contribution in [0.3, 0.4) is 0 Å². The van der Waals surface area contributed by atoms with Crippen LogP contribution in [0.2, 0.25) is 0 Å². The van der Waals surface area contributed by atoms with Crippen molar-refractivity contribution >= 4 is 10.0 Å². The van der Waals surface area contributed by atoms with Gasteiger partial charge in [0.05, 0.1) is 6.26 Å². The van der Waals surface area contributed by atoms with Crippen molar-refractivity contribution in [1.82, 2.24) is 19.2 Å². The van der Waals surface area contributed by atoms with Crippen LogP contribution in [0.1, 0.15) is 62.3 Å². The lowest BCUT2D eigenvalue weighted by atomic mass is 9.89. The van der Waals surface area contributed by atoms with Crippen LogP contribution in [-0.2, 0) is 16.6 Å². The van der Waals surface area contributed by atoms with Crippen molar-refractivity contribution < 1.29 is 8.42 Å². The second kappa shape index (κ2) is 7.52. The summed E-state index contributed by atoms with van der Waals surface area (Å²) in [5.41, 5.74) is 1.14. The fourth-order valence-corrected chi connectivity index (χ4v) is 5.78. The maximum absolute atomic E-state index is 12.0. The highest BCUT2D eigenvalue weighted by molar-refractivity contribution is 7.88. The molecule has 0 amide bonds. The van der Waals surface area contributed by atoms with E-state index in [0.29, 0.717) is 31.0 Å². The zero-order chi connectivity index (χ0) is 18.1. The third-order valence-corrected chi connectivity index (χ3v) is 7.58. The SMILES string of the molecule is CS(=O)(=O)N1C[C@@H]2CC[C@H](C1)N(Cc1cnc(C3CCCCC3)nc1)C2. The maximum atomic E-state index is 12.0. The predicted molar refractivity (Wildman–Crippen MR) is 101 cm³/mol. The van der Waals surface area contributed by atoms with Crippen LogP contribution in [0.25, 0.3) is 0 Å². The molecule has 0 radical (unpaired) electrons. The summed E-state index contributed by atoms with van der Waals surface area (Å²) in [6, 6.07) is 0.307. The summed E-state index contributed by atoms with van der Waals surface area (Å²) in [5, 5.41) is 0. The van der Waals surface area contributed by atoms with Gasteiger partial charge in [0.2, 0.25) is 10.0 Å². The van der Waals surface area contributed by atoms with E-state index in [1.165, 1.54) is 38.4 Å². The van der Waals surface area contributed by atoms with Crippen molar-refractivity contribution in [2.45, 2.75) is 63.5 Å². The van der Waals surface area contributed by atoms with E-state index in [0.717, 1.165) is 37.3 Å². The van der Waals surface area contributed by atoms with Crippen molar-refractivity contribution in [3.05, 3.63) is 23.8 Å². The first-order valence-corrected chi connectivity index (χ1v) is 11.8. The van der Waals surface area contributed by atoms with Crippen LogP contribution in [0, 0.1) is 5.92 Å². The molecular formula is C19H30N4O2S. The third kappa shape index (κ3) is 4.10. The molecule has 1 aromatic heterocycles. The number of rotatable bonds is 4. The Bertz CT molecular complexity index is 716. The monoisotopic (exact) mass is 378 g/mol. The maximum Gasteiger partial charge on any atom is 0.211 e. The van der Waals surface area contributed by atoms with E-state index < -0.39 is 10.0 Å². The Balaban J connectivity index is 1.42. The topological polar surface area (TPSA) is 66.4 Å². The fraction of sp³-hybridized carbons (Fsp3) is 0.789. The highest BCUT2D eigenvalue weighted by Gasteiger charge is 2.37. The van der Waals surface area contributed by atoms with Gasteiger partial charge in [-0.05, 0) is 31.6 Å². The van der Waals surface area contributed by atoms with Crippen molar-refractivity contribution in [2.75, 3.05) is 25.9 Å². The van der Waals surface area contributed by atoms with E-state index in [1.54, 1.807) is 4.31 Å². The molecule has 0 unspecified atom stereocenters. The number of piperidine rings is 1. The van der Waals surface area contributed by atoms with Crippen LogP contribution in [-0.4, -0.2) is 59.5 Å². The lowest BCUT2D eigenvalue weighted by molar-refractivity contribution is 0.125. The Morgan fingerprint density at radius 3 is 2.42 bits per heavy atom. The molecular weight excluding hydrogens is 348 g/mol. The summed E-state index contributed by atoms with van der Waals surface area (Å²) >= 11 is 0. The molecule has 0 spiro atoms. The average molecular weight is 379 g/mol. The number of nitrogens with zero attached hydrogens (tertiary/aromatic N) is 4. The molecule has 0 aromatic carbocycles. The van der Waals surface area contributed by atoms with E-state index in [9.17, 15) is 8.42 Å². The summed E-state index contributed by atoms with van der Waals surface area (Å²) in [7, 11) is -3.11. The standard InChI is InChI=1S/C19H30N4O2S/c1-26(24,25)23-13-15-7-8-18(14-23)22(11-15)12-16-9-20-19(21-10-16)17-5-3-2-4-6-17/h9-10,15,17-18H,2-8,11-14H2,1H3/t15-,18-/m1/s1. The van der Waals surface area contributed by atoms with Crippen LogP contribution >= 0.6 is 0 Å². The van der Waals surface area contributed by atoms with Crippen LogP contribution < -0.4 is 0 Å². The van der Waals surface area contributed by atoms with Gasteiger partial charge in [0.25, 0.3) is 0 Å². The number of hydrogen-bond acceptors (Lipinski definition) is 5. The molecule has 3 aliphatic heterocycles. The Kier molecular flexibility index (Phi) is 5.30. The largest absolute Gasteiger partial charge is 0.294 e. The molecule has 4 heterocycles. The van der Waals surface area contributed by atoms with Gasteiger partial charge in [0.15, 0.2) is 0 Å². The van der Waals surface area contributed by atoms with Gasteiger partial charge in [0.1, 0.15) is 5.82 Å². The fourth-order valence-electron chi connectivity index (χ4n) is 4.85. The molecule has 0 N–H and O–H groups in total. The van der Waals surface area contributed by atoms with Gasteiger partial charge in [-0.1, -0.05) is 19.3 Å².